The fourth-order valence-corrected chi connectivity index (χ4v) is 2.91. The Balaban J connectivity index is 3.41. The lowest BCUT2D eigenvalue weighted by atomic mass is 9.74. The van der Waals surface area contributed by atoms with Crippen molar-refractivity contribution in [2.45, 2.75) is 41.0 Å². The van der Waals surface area contributed by atoms with E-state index in [-0.39, 0.29) is 23.1 Å². The van der Waals surface area contributed by atoms with Gasteiger partial charge < -0.3 is 9.47 Å². The second-order valence-electron chi connectivity index (χ2n) is 6.15. The zero-order valence-corrected chi connectivity index (χ0v) is 15.1. The Morgan fingerprint density at radius 2 is 1.61 bits per heavy atom. The summed E-state index contributed by atoms with van der Waals surface area (Å²) in [6, 6.07) is 0. The highest BCUT2D eigenvalue weighted by molar-refractivity contribution is 6.24. The van der Waals surface area contributed by atoms with Crippen LogP contribution in [0.1, 0.15) is 41.0 Å². The van der Waals surface area contributed by atoms with E-state index in [1.807, 2.05) is 32.9 Å². The molecule has 0 bridgehead atoms. The van der Waals surface area contributed by atoms with Crippen LogP contribution in [0.2, 0.25) is 0 Å². The lowest BCUT2D eigenvalue weighted by molar-refractivity contribution is -0.121. The molecular weight excluding hydrogens is 292 g/mol. The number of hydrogen-bond donors (Lipinski definition) is 0. The van der Waals surface area contributed by atoms with Crippen LogP contribution in [-0.2, 0) is 19.1 Å². The molecule has 4 nitrogen and oxygen atoms in total. The number of hydrogen-bond acceptors (Lipinski definition) is 4. The number of Topliss-reactive ketones (excluding diaryl/α,β-unsaturated/α-hetero) is 2. The van der Waals surface area contributed by atoms with Gasteiger partial charge in [-0.15, -0.1) is 0 Å². The van der Waals surface area contributed by atoms with Crippen molar-refractivity contribution in [3.05, 3.63) is 46.5 Å². The van der Waals surface area contributed by atoms with E-state index in [1.54, 1.807) is 6.92 Å². The van der Waals surface area contributed by atoms with E-state index in [2.05, 4.69) is 13.0 Å². The number of ether oxygens (including phenoxy) is 2. The van der Waals surface area contributed by atoms with Crippen molar-refractivity contribution >= 4 is 11.6 Å². The van der Waals surface area contributed by atoms with E-state index < -0.39 is 5.41 Å². The molecule has 0 N–H and O–H groups in total. The number of allylic oxidation sites excluding steroid dienone is 6. The Morgan fingerprint density at radius 1 is 1.09 bits per heavy atom. The fraction of sp³-hybridized carbons (Fsp3) is 0.474. The van der Waals surface area contributed by atoms with Gasteiger partial charge in [-0.2, -0.15) is 0 Å². The van der Waals surface area contributed by atoms with Crippen LogP contribution in [0.4, 0.5) is 0 Å². The summed E-state index contributed by atoms with van der Waals surface area (Å²) in [4.78, 5) is 25.3. The van der Waals surface area contributed by atoms with Gasteiger partial charge in [-0.3, -0.25) is 9.59 Å². The highest BCUT2D eigenvalue weighted by Gasteiger charge is 2.40. The molecule has 4 heteroatoms. The predicted molar refractivity (Wildman–Crippen MR) is 90.7 cm³/mol. The highest BCUT2D eigenvalue weighted by Crippen LogP contribution is 2.38. The van der Waals surface area contributed by atoms with Gasteiger partial charge in [-0.25, -0.2) is 0 Å². The van der Waals surface area contributed by atoms with Crippen LogP contribution in [0.25, 0.3) is 0 Å². The molecule has 23 heavy (non-hydrogen) atoms. The molecule has 0 aromatic heterocycles. The quantitative estimate of drug-likeness (QED) is 0.550. The van der Waals surface area contributed by atoms with Crippen molar-refractivity contribution in [3.8, 4) is 0 Å². The van der Waals surface area contributed by atoms with Crippen LogP contribution in [0.5, 0.6) is 0 Å². The Hall–Kier alpha value is -2.10. The molecule has 0 saturated carbocycles. The maximum absolute atomic E-state index is 12.8. The first kappa shape index (κ1) is 18.9. The summed E-state index contributed by atoms with van der Waals surface area (Å²) in [5.41, 5.74) is 1.30. The summed E-state index contributed by atoms with van der Waals surface area (Å²) >= 11 is 0. The third kappa shape index (κ3) is 3.81. The van der Waals surface area contributed by atoms with Crippen LogP contribution in [0.3, 0.4) is 0 Å². The Labute approximate surface area is 138 Å². The second-order valence-corrected chi connectivity index (χ2v) is 6.15. The van der Waals surface area contributed by atoms with Crippen molar-refractivity contribution in [2.24, 2.45) is 5.41 Å². The smallest absolute Gasteiger partial charge is 0.228 e. The lowest BCUT2D eigenvalue weighted by Crippen LogP contribution is -2.31. The second kappa shape index (κ2) is 7.44. The molecule has 0 unspecified atom stereocenters. The molecule has 0 aromatic carbocycles. The molecule has 1 rings (SSSR count). The summed E-state index contributed by atoms with van der Waals surface area (Å²) in [6.07, 6.45) is 7.01. The minimum Gasteiger partial charge on any atom is -0.489 e. The first-order valence-corrected chi connectivity index (χ1v) is 7.70. The summed E-state index contributed by atoms with van der Waals surface area (Å²) in [6.45, 7) is 9.55. The van der Waals surface area contributed by atoms with Gasteiger partial charge in [-0.05, 0) is 20.3 Å². The number of carbonyl (C=O) groups excluding carboxylic acids is 2. The summed E-state index contributed by atoms with van der Waals surface area (Å²) in [7, 11) is 2.73. The maximum Gasteiger partial charge on any atom is 0.228 e. The molecule has 1 aliphatic rings. The fourth-order valence-electron chi connectivity index (χ4n) is 2.91. The van der Waals surface area contributed by atoms with Crippen molar-refractivity contribution in [3.63, 3.8) is 0 Å². The lowest BCUT2D eigenvalue weighted by Gasteiger charge is -2.30. The van der Waals surface area contributed by atoms with Gasteiger partial charge in [0.05, 0.1) is 14.2 Å². The Morgan fingerprint density at radius 3 is 2.09 bits per heavy atom. The SMILES string of the molecule is CC/C=C\C(C)=C\C(C)(C)C1=C(C)C(=O)C(OC)=C(OC)C1=O. The molecule has 0 atom stereocenters. The predicted octanol–water partition coefficient (Wildman–Crippen LogP) is 3.90. The number of rotatable bonds is 6. The average molecular weight is 318 g/mol. The third-order valence-corrected chi connectivity index (χ3v) is 3.82. The van der Waals surface area contributed by atoms with Crippen LogP contribution in [0.15, 0.2) is 46.5 Å². The van der Waals surface area contributed by atoms with Crippen LogP contribution in [-0.4, -0.2) is 25.8 Å². The van der Waals surface area contributed by atoms with Gasteiger partial charge in [-0.1, -0.05) is 44.6 Å². The van der Waals surface area contributed by atoms with Gasteiger partial charge in [0.1, 0.15) is 0 Å². The van der Waals surface area contributed by atoms with Crippen LogP contribution >= 0.6 is 0 Å². The van der Waals surface area contributed by atoms with E-state index in [0.717, 1.165) is 12.0 Å². The molecule has 0 spiro atoms. The number of carbonyl (C=O) groups is 2. The summed E-state index contributed by atoms with van der Waals surface area (Å²) in [5, 5.41) is 0. The van der Waals surface area contributed by atoms with Gasteiger partial charge in [0.15, 0.2) is 0 Å². The summed E-state index contributed by atoms with van der Waals surface area (Å²) in [5.74, 6) is -0.653. The zero-order chi connectivity index (χ0) is 17.8. The largest absolute Gasteiger partial charge is 0.489 e. The monoisotopic (exact) mass is 318 g/mol. The van der Waals surface area contributed by atoms with Gasteiger partial charge in [0, 0.05) is 16.6 Å². The molecular formula is C19H26O4. The van der Waals surface area contributed by atoms with Gasteiger partial charge in [0.25, 0.3) is 0 Å². The molecule has 0 aliphatic heterocycles. The number of methoxy groups -OCH3 is 2. The minimum absolute atomic E-state index is 0.0265. The summed E-state index contributed by atoms with van der Waals surface area (Å²) < 4.78 is 10.2. The Bertz CT molecular complexity index is 628. The molecule has 0 amide bonds. The maximum atomic E-state index is 12.8. The number of ketones is 2. The highest BCUT2D eigenvalue weighted by atomic mass is 16.5. The third-order valence-electron chi connectivity index (χ3n) is 3.82. The first-order chi connectivity index (χ1) is 10.7. The molecule has 0 fully saturated rings. The molecule has 126 valence electrons. The van der Waals surface area contributed by atoms with E-state index in [9.17, 15) is 9.59 Å². The van der Waals surface area contributed by atoms with Crippen LogP contribution in [0, 0.1) is 5.41 Å². The Kier molecular flexibility index (Phi) is 6.13. The van der Waals surface area contributed by atoms with Crippen molar-refractivity contribution in [2.75, 3.05) is 14.2 Å². The van der Waals surface area contributed by atoms with E-state index >= 15 is 0 Å². The molecule has 0 radical (unpaired) electrons. The molecule has 0 heterocycles. The van der Waals surface area contributed by atoms with E-state index in [4.69, 9.17) is 9.47 Å². The van der Waals surface area contributed by atoms with E-state index in [1.165, 1.54) is 14.2 Å². The average Bonchev–Trinajstić information content (AvgIpc) is 2.47. The van der Waals surface area contributed by atoms with Crippen molar-refractivity contribution < 1.29 is 19.1 Å². The van der Waals surface area contributed by atoms with Gasteiger partial charge in [0.2, 0.25) is 23.1 Å². The molecule has 1 aliphatic carbocycles. The van der Waals surface area contributed by atoms with E-state index in [0.29, 0.717) is 11.1 Å². The van der Waals surface area contributed by atoms with Crippen molar-refractivity contribution in [1.82, 2.24) is 0 Å². The molecule has 0 saturated heterocycles. The van der Waals surface area contributed by atoms with Crippen molar-refractivity contribution in [1.29, 1.82) is 0 Å². The standard InChI is InChI=1S/C19H26O4/c1-8-9-10-12(2)11-19(4,5)14-13(3)15(20)17(22-6)18(23-7)16(14)21/h9-11H,8H2,1-7H3/b10-9-,12-11+. The van der Waals surface area contributed by atoms with Crippen LogP contribution < -0.4 is 0 Å². The molecule has 0 aromatic rings. The zero-order valence-electron chi connectivity index (χ0n) is 15.1. The normalized spacial score (nSPS) is 17.4. The minimum atomic E-state index is -0.595. The topological polar surface area (TPSA) is 52.6 Å². The first-order valence-electron chi connectivity index (χ1n) is 7.70. The van der Waals surface area contributed by atoms with Gasteiger partial charge >= 0.3 is 0 Å².